The highest BCUT2D eigenvalue weighted by molar-refractivity contribution is 6.88. The number of anilines is 2. The van der Waals surface area contributed by atoms with Crippen molar-refractivity contribution < 1.29 is 4.92 Å². The fraction of sp³-hybridized carbons (Fsp3) is 0.231. The third kappa shape index (κ3) is 3.18. The predicted molar refractivity (Wildman–Crippen MR) is 81.4 cm³/mol. The van der Waals surface area contributed by atoms with Crippen molar-refractivity contribution in [2.75, 3.05) is 5.32 Å². The van der Waals surface area contributed by atoms with Gasteiger partial charge in [0.25, 0.3) is 0 Å². The first-order valence-electron chi connectivity index (χ1n) is 6.21. The first kappa shape index (κ1) is 14.1. The third-order valence-electron chi connectivity index (χ3n) is 2.86. The molecule has 104 valence electrons. The van der Waals surface area contributed by atoms with Gasteiger partial charge in [0.05, 0.1) is 13.0 Å². The van der Waals surface area contributed by atoms with E-state index in [1.165, 1.54) is 23.5 Å². The number of hydrogen-bond donors (Lipinski definition) is 1. The summed E-state index contributed by atoms with van der Waals surface area (Å²) in [5, 5.41) is 15.0. The average molecular weight is 288 g/mol. The van der Waals surface area contributed by atoms with Crippen LogP contribution < -0.4 is 10.5 Å². The van der Waals surface area contributed by atoms with Gasteiger partial charge in [0.15, 0.2) is 0 Å². The zero-order valence-corrected chi connectivity index (χ0v) is 12.6. The molecule has 0 amide bonds. The molecule has 0 fully saturated rings. The Morgan fingerprint density at radius 1 is 1.20 bits per heavy atom. The molecule has 0 aliphatic carbocycles. The van der Waals surface area contributed by atoms with Gasteiger partial charge in [0, 0.05) is 18.5 Å². The molecular weight excluding hydrogens is 272 g/mol. The summed E-state index contributed by atoms with van der Waals surface area (Å²) in [6.45, 7) is 6.71. The van der Waals surface area contributed by atoms with E-state index in [1.807, 2.05) is 18.3 Å². The Balaban J connectivity index is 2.25. The van der Waals surface area contributed by atoms with Crippen LogP contribution in [0.15, 0.2) is 36.7 Å². The first-order valence-corrected chi connectivity index (χ1v) is 9.71. The lowest BCUT2D eigenvalue weighted by atomic mass is 10.4. The van der Waals surface area contributed by atoms with Crippen molar-refractivity contribution in [1.29, 1.82) is 0 Å². The zero-order chi connectivity index (χ0) is 14.8. The van der Waals surface area contributed by atoms with E-state index < -0.39 is 13.0 Å². The van der Waals surface area contributed by atoms with Gasteiger partial charge in [-0.3, -0.25) is 10.1 Å². The third-order valence-corrected chi connectivity index (χ3v) is 4.89. The number of nitrogens with zero attached hydrogens (tertiary/aromatic N) is 3. The van der Waals surface area contributed by atoms with Gasteiger partial charge in [0.1, 0.15) is 5.82 Å². The van der Waals surface area contributed by atoms with Crippen molar-refractivity contribution in [3.05, 3.63) is 46.8 Å². The monoisotopic (exact) mass is 288 g/mol. The molecule has 0 saturated carbocycles. The first-order chi connectivity index (χ1) is 9.38. The van der Waals surface area contributed by atoms with Gasteiger partial charge in [-0.05, 0) is 17.3 Å². The molecule has 7 heteroatoms. The molecule has 0 aliphatic rings. The van der Waals surface area contributed by atoms with Crippen molar-refractivity contribution in [3.8, 4) is 0 Å². The summed E-state index contributed by atoms with van der Waals surface area (Å²) in [6, 6.07) is 6.78. The Hall–Kier alpha value is -2.28. The normalized spacial score (nSPS) is 11.2. The van der Waals surface area contributed by atoms with Crippen LogP contribution in [0.1, 0.15) is 0 Å². The van der Waals surface area contributed by atoms with Crippen LogP contribution in [0.25, 0.3) is 0 Å². The standard InChI is InChI=1S/C13H16N4O2Si/c1-20(2,3)10-6-7-12(15-9-10)16-13-11(17(18)19)5-4-8-14-13/h4-9H,1-3H3,(H,14,15,16). The van der Waals surface area contributed by atoms with Crippen LogP contribution in [0.2, 0.25) is 19.6 Å². The highest BCUT2D eigenvalue weighted by atomic mass is 28.3. The van der Waals surface area contributed by atoms with Crippen molar-refractivity contribution in [3.63, 3.8) is 0 Å². The molecule has 2 rings (SSSR count). The van der Waals surface area contributed by atoms with E-state index in [2.05, 4.69) is 34.9 Å². The topological polar surface area (TPSA) is 81.0 Å². The lowest BCUT2D eigenvalue weighted by molar-refractivity contribution is -0.384. The Morgan fingerprint density at radius 3 is 2.50 bits per heavy atom. The summed E-state index contributed by atoms with van der Waals surface area (Å²) < 4.78 is 0. The fourth-order valence-corrected chi connectivity index (χ4v) is 2.71. The summed E-state index contributed by atoms with van der Waals surface area (Å²) >= 11 is 0. The van der Waals surface area contributed by atoms with Crippen LogP contribution in [0.3, 0.4) is 0 Å². The molecule has 2 heterocycles. The molecule has 1 N–H and O–H groups in total. The predicted octanol–water partition coefficient (Wildman–Crippen LogP) is 2.67. The number of pyridine rings is 2. The zero-order valence-electron chi connectivity index (χ0n) is 11.6. The highest BCUT2D eigenvalue weighted by Crippen LogP contribution is 2.23. The van der Waals surface area contributed by atoms with Crippen LogP contribution >= 0.6 is 0 Å². The Kier molecular flexibility index (Phi) is 3.80. The van der Waals surface area contributed by atoms with Crippen molar-refractivity contribution >= 4 is 30.6 Å². The lowest BCUT2D eigenvalue weighted by Gasteiger charge is -2.16. The van der Waals surface area contributed by atoms with Crippen molar-refractivity contribution in [1.82, 2.24) is 9.97 Å². The van der Waals surface area contributed by atoms with Crippen LogP contribution in [0.4, 0.5) is 17.3 Å². The Morgan fingerprint density at radius 2 is 1.95 bits per heavy atom. The molecule has 0 aromatic carbocycles. The maximum atomic E-state index is 10.9. The molecule has 20 heavy (non-hydrogen) atoms. The van der Waals surface area contributed by atoms with Gasteiger partial charge in [-0.15, -0.1) is 0 Å². The molecule has 0 saturated heterocycles. The summed E-state index contributed by atoms with van der Waals surface area (Å²) in [6.07, 6.45) is 3.33. The minimum atomic E-state index is -1.39. The van der Waals surface area contributed by atoms with Gasteiger partial charge < -0.3 is 5.32 Å². The summed E-state index contributed by atoms with van der Waals surface area (Å²) in [5.41, 5.74) is -0.0661. The van der Waals surface area contributed by atoms with E-state index >= 15 is 0 Å². The minimum Gasteiger partial charge on any atom is -0.319 e. The second-order valence-corrected chi connectivity index (χ2v) is 10.5. The highest BCUT2D eigenvalue weighted by Gasteiger charge is 2.17. The molecule has 0 aliphatic heterocycles. The Labute approximate surface area is 118 Å². The largest absolute Gasteiger partial charge is 0.319 e. The smallest absolute Gasteiger partial charge is 0.311 e. The maximum absolute atomic E-state index is 10.9. The van der Waals surface area contributed by atoms with E-state index in [1.54, 1.807) is 0 Å². The number of hydrogen-bond acceptors (Lipinski definition) is 5. The van der Waals surface area contributed by atoms with E-state index in [0.717, 1.165) is 0 Å². The van der Waals surface area contributed by atoms with Gasteiger partial charge in [-0.2, -0.15) is 0 Å². The summed E-state index contributed by atoms with van der Waals surface area (Å²) in [4.78, 5) is 18.7. The second-order valence-electron chi connectivity index (χ2n) is 5.44. The quantitative estimate of drug-likeness (QED) is 0.531. The summed E-state index contributed by atoms with van der Waals surface area (Å²) in [7, 11) is -1.39. The minimum absolute atomic E-state index is 0.0661. The van der Waals surface area contributed by atoms with Gasteiger partial charge >= 0.3 is 5.69 Å². The van der Waals surface area contributed by atoms with E-state index in [9.17, 15) is 10.1 Å². The van der Waals surface area contributed by atoms with Crippen LogP contribution in [-0.4, -0.2) is 23.0 Å². The van der Waals surface area contributed by atoms with Gasteiger partial charge in [-0.25, -0.2) is 9.97 Å². The molecular formula is C13H16N4O2Si. The molecule has 0 spiro atoms. The number of nitrogens with one attached hydrogen (secondary N) is 1. The lowest BCUT2D eigenvalue weighted by Crippen LogP contribution is -2.37. The molecule has 2 aromatic rings. The van der Waals surface area contributed by atoms with Gasteiger partial charge in [-0.1, -0.05) is 25.7 Å². The van der Waals surface area contributed by atoms with Crippen LogP contribution in [-0.2, 0) is 0 Å². The maximum Gasteiger partial charge on any atom is 0.311 e. The van der Waals surface area contributed by atoms with Crippen LogP contribution in [0, 0.1) is 10.1 Å². The molecule has 0 atom stereocenters. The van der Waals surface area contributed by atoms with E-state index in [0.29, 0.717) is 5.82 Å². The SMILES string of the molecule is C[Si](C)(C)c1ccc(Nc2ncccc2[N+](=O)[O-])nc1. The molecule has 0 unspecified atom stereocenters. The molecule has 6 nitrogen and oxygen atoms in total. The van der Waals surface area contributed by atoms with Gasteiger partial charge in [0.2, 0.25) is 5.82 Å². The molecule has 0 radical (unpaired) electrons. The molecule has 0 bridgehead atoms. The van der Waals surface area contributed by atoms with Crippen LogP contribution in [0.5, 0.6) is 0 Å². The number of rotatable bonds is 4. The fourth-order valence-electron chi connectivity index (χ4n) is 1.67. The average Bonchev–Trinajstić information content (AvgIpc) is 2.38. The van der Waals surface area contributed by atoms with Crippen molar-refractivity contribution in [2.45, 2.75) is 19.6 Å². The van der Waals surface area contributed by atoms with Crippen molar-refractivity contribution in [2.24, 2.45) is 0 Å². The van der Waals surface area contributed by atoms with E-state index in [4.69, 9.17) is 0 Å². The number of nitro groups is 1. The Bertz CT molecular complexity index is 623. The number of aromatic nitrogens is 2. The summed E-state index contributed by atoms with van der Waals surface area (Å²) in [5.74, 6) is 0.750. The van der Waals surface area contributed by atoms with E-state index in [-0.39, 0.29) is 11.5 Å². The molecule has 2 aromatic heterocycles. The second kappa shape index (κ2) is 5.38.